The average molecular weight is 289 g/mol. The Kier molecular flexibility index (Phi) is 4.47. The van der Waals surface area contributed by atoms with Crippen LogP contribution in [0.15, 0.2) is 40.1 Å². The second kappa shape index (κ2) is 6.30. The minimum absolute atomic E-state index is 0.281. The fraction of sp³-hybridized carbons (Fsp3) is 0.333. The first-order valence-electron chi connectivity index (χ1n) is 6.75. The lowest BCUT2D eigenvalue weighted by atomic mass is 10.2. The van der Waals surface area contributed by atoms with Gasteiger partial charge in [-0.2, -0.15) is 0 Å². The second-order valence-electron chi connectivity index (χ2n) is 4.72. The van der Waals surface area contributed by atoms with Crippen molar-refractivity contribution in [2.75, 3.05) is 11.9 Å². The lowest BCUT2D eigenvalue weighted by Crippen LogP contribution is -2.38. The molecule has 0 saturated carbocycles. The molecule has 1 aromatic heterocycles. The van der Waals surface area contributed by atoms with E-state index in [1.165, 1.54) is 11.6 Å². The number of aryl methyl sites for hydroxylation is 1. The van der Waals surface area contributed by atoms with Crippen molar-refractivity contribution in [3.05, 3.63) is 56.9 Å². The molecule has 2 aromatic rings. The number of aromatic nitrogens is 2. The molecule has 0 unspecified atom stereocenters. The quantitative estimate of drug-likeness (QED) is 0.895. The van der Waals surface area contributed by atoms with Crippen LogP contribution in [0.25, 0.3) is 0 Å². The predicted octanol–water partition coefficient (Wildman–Crippen LogP) is 1.09. The van der Waals surface area contributed by atoms with Gasteiger partial charge in [0.1, 0.15) is 5.75 Å². The van der Waals surface area contributed by atoms with Crippen molar-refractivity contribution in [1.82, 2.24) is 9.13 Å². The van der Waals surface area contributed by atoms with E-state index in [9.17, 15) is 9.59 Å². The number of benzene rings is 1. The zero-order valence-electron chi connectivity index (χ0n) is 12.4. The van der Waals surface area contributed by atoms with Crippen molar-refractivity contribution >= 4 is 5.69 Å². The lowest BCUT2D eigenvalue weighted by Gasteiger charge is -2.10. The van der Waals surface area contributed by atoms with Crippen LogP contribution in [-0.4, -0.2) is 15.7 Å². The fourth-order valence-corrected chi connectivity index (χ4v) is 2.04. The molecule has 0 fully saturated rings. The third-order valence-electron chi connectivity index (χ3n) is 3.17. The number of anilines is 1. The molecule has 0 amide bonds. The molecule has 0 saturated heterocycles. The molecule has 0 atom stereocenters. The largest absolute Gasteiger partial charge is 0.494 e. The van der Waals surface area contributed by atoms with E-state index in [0.29, 0.717) is 18.7 Å². The molecule has 2 rings (SSSR count). The molecule has 0 bridgehead atoms. The summed E-state index contributed by atoms with van der Waals surface area (Å²) >= 11 is 0. The Labute approximate surface area is 122 Å². The Morgan fingerprint density at radius 3 is 2.43 bits per heavy atom. The highest BCUT2D eigenvalue weighted by Crippen LogP contribution is 2.15. The maximum atomic E-state index is 12.0. The van der Waals surface area contributed by atoms with Crippen LogP contribution in [0.5, 0.6) is 5.75 Å². The third-order valence-corrected chi connectivity index (χ3v) is 3.17. The molecule has 0 radical (unpaired) electrons. The van der Waals surface area contributed by atoms with E-state index >= 15 is 0 Å². The summed E-state index contributed by atoms with van der Waals surface area (Å²) in [7, 11) is 3.10. The molecule has 0 spiro atoms. The molecular formula is C15H19N3O3. The molecule has 1 heterocycles. The van der Waals surface area contributed by atoms with E-state index in [2.05, 4.69) is 5.32 Å². The number of nitrogens with one attached hydrogen (secondary N) is 1. The van der Waals surface area contributed by atoms with Crippen molar-refractivity contribution in [2.24, 2.45) is 14.1 Å². The molecule has 112 valence electrons. The maximum Gasteiger partial charge on any atom is 0.330 e. The van der Waals surface area contributed by atoms with Gasteiger partial charge in [0.05, 0.1) is 12.2 Å². The Bertz CT molecular complexity index is 729. The van der Waals surface area contributed by atoms with Crippen LogP contribution < -0.4 is 21.3 Å². The van der Waals surface area contributed by atoms with E-state index in [0.717, 1.165) is 16.0 Å². The summed E-state index contributed by atoms with van der Waals surface area (Å²) in [5, 5.41) is 3.16. The van der Waals surface area contributed by atoms with Crippen LogP contribution in [0.4, 0.5) is 5.69 Å². The Morgan fingerprint density at radius 1 is 1.14 bits per heavy atom. The summed E-state index contributed by atoms with van der Waals surface area (Å²) < 4.78 is 7.87. The van der Waals surface area contributed by atoms with Crippen LogP contribution in [0, 0.1) is 0 Å². The van der Waals surface area contributed by atoms with Gasteiger partial charge >= 0.3 is 5.69 Å². The summed E-state index contributed by atoms with van der Waals surface area (Å²) in [5.74, 6) is 0.807. The van der Waals surface area contributed by atoms with E-state index in [1.54, 1.807) is 13.2 Å². The standard InChI is InChI=1S/C15H19N3O3/c1-4-21-13-7-5-12(6-8-13)16-9-11-10-17(2)15(20)18(3)14(11)19/h5-8,10,16H,4,9H2,1-3H3. The van der Waals surface area contributed by atoms with Crippen molar-refractivity contribution in [1.29, 1.82) is 0 Å². The highest BCUT2D eigenvalue weighted by molar-refractivity contribution is 5.46. The van der Waals surface area contributed by atoms with Gasteiger partial charge in [-0.3, -0.25) is 9.36 Å². The second-order valence-corrected chi connectivity index (χ2v) is 4.72. The first-order chi connectivity index (χ1) is 10.0. The van der Waals surface area contributed by atoms with Gasteiger partial charge in [-0.1, -0.05) is 0 Å². The van der Waals surface area contributed by atoms with Gasteiger partial charge in [0, 0.05) is 32.5 Å². The van der Waals surface area contributed by atoms with Crippen LogP contribution in [0.3, 0.4) is 0 Å². The average Bonchev–Trinajstić information content (AvgIpc) is 2.49. The highest BCUT2D eigenvalue weighted by Gasteiger charge is 2.06. The number of nitrogens with zero attached hydrogens (tertiary/aromatic N) is 2. The van der Waals surface area contributed by atoms with Crippen LogP contribution >= 0.6 is 0 Å². The van der Waals surface area contributed by atoms with Crippen LogP contribution in [0.2, 0.25) is 0 Å². The topological polar surface area (TPSA) is 65.3 Å². The first kappa shape index (κ1) is 14.9. The molecule has 1 N–H and O–H groups in total. The van der Waals surface area contributed by atoms with Gasteiger partial charge in [0.15, 0.2) is 0 Å². The van der Waals surface area contributed by atoms with Crippen molar-refractivity contribution in [3.63, 3.8) is 0 Å². The summed E-state index contributed by atoms with van der Waals surface area (Å²) in [6.45, 7) is 2.91. The summed E-state index contributed by atoms with van der Waals surface area (Å²) in [6, 6.07) is 7.50. The third kappa shape index (κ3) is 3.34. The Hall–Kier alpha value is -2.50. The molecule has 6 heteroatoms. The minimum Gasteiger partial charge on any atom is -0.494 e. The lowest BCUT2D eigenvalue weighted by molar-refractivity contribution is 0.340. The molecule has 21 heavy (non-hydrogen) atoms. The van der Waals surface area contributed by atoms with Gasteiger partial charge in [-0.05, 0) is 31.2 Å². The zero-order chi connectivity index (χ0) is 15.4. The molecule has 0 aliphatic heterocycles. The fourth-order valence-electron chi connectivity index (χ4n) is 2.04. The van der Waals surface area contributed by atoms with E-state index in [1.807, 2.05) is 31.2 Å². The summed E-state index contributed by atoms with van der Waals surface area (Å²) in [4.78, 5) is 23.6. The van der Waals surface area contributed by atoms with Gasteiger partial charge in [-0.15, -0.1) is 0 Å². The van der Waals surface area contributed by atoms with Gasteiger partial charge < -0.3 is 14.6 Å². The Balaban J connectivity index is 2.13. The van der Waals surface area contributed by atoms with Crippen molar-refractivity contribution in [2.45, 2.75) is 13.5 Å². The number of ether oxygens (including phenoxy) is 1. The van der Waals surface area contributed by atoms with Crippen LogP contribution in [-0.2, 0) is 20.6 Å². The van der Waals surface area contributed by atoms with E-state index in [-0.39, 0.29) is 11.2 Å². The summed E-state index contributed by atoms with van der Waals surface area (Å²) in [5.41, 5.74) is 0.809. The zero-order valence-corrected chi connectivity index (χ0v) is 12.4. The Morgan fingerprint density at radius 2 is 1.81 bits per heavy atom. The molecule has 0 aliphatic rings. The van der Waals surface area contributed by atoms with Gasteiger partial charge in [0.25, 0.3) is 5.56 Å². The molecule has 6 nitrogen and oxygen atoms in total. The van der Waals surface area contributed by atoms with Crippen LogP contribution in [0.1, 0.15) is 12.5 Å². The summed E-state index contributed by atoms with van der Waals surface area (Å²) in [6.07, 6.45) is 1.56. The first-order valence-corrected chi connectivity index (χ1v) is 6.75. The number of rotatable bonds is 5. The maximum absolute atomic E-state index is 12.0. The number of hydrogen-bond donors (Lipinski definition) is 1. The normalized spacial score (nSPS) is 10.4. The minimum atomic E-state index is -0.329. The smallest absolute Gasteiger partial charge is 0.330 e. The van der Waals surface area contributed by atoms with Crippen molar-refractivity contribution < 1.29 is 4.74 Å². The van der Waals surface area contributed by atoms with E-state index in [4.69, 9.17) is 4.74 Å². The molecule has 1 aromatic carbocycles. The molecular weight excluding hydrogens is 270 g/mol. The predicted molar refractivity (Wildman–Crippen MR) is 81.9 cm³/mol. The molecule has 0 aliphatic carbocycles. The number of hydrogen-bond acceptors (Lipinski definition) is 4. The van der Waals surface area contributed by atoms with Gasteiger partial charge in [-0.25, -0.2) is 4.79 Å². The highest BCUT2D eigenvalue weighted by atomic mass is 16.5. The monoisotopic (exact) mass is 289 g/mol. The SMILES string of the molecule is CCOc1ccc(NCc2cn(C)c(=O)n(C)c2=O)cc1. The van der Waals surface area contributed by atoms with E-state index < -0.39 is 0 Å². The van der Waals surface area contributed by atoms with Crippen molar-refractivity contribution in [3.8, 4) is 5.75 Å². The van der Waals surface area contributed by atoms with Gasteiger partial charge in [0.2, 0.25) is 0 Å².